The lowest BCUT2D eigenvalue weighted by atomic mass is 10.2. The van der Waals surface area contributed by atoms with Crippen LogP contribution in [0.5, 0.6) is 0 Å². The Morgan fingerprint density at radius 2 is 1.94 bits per heavy atom. The first-order valence-corrected chi connectivity index (χ1v) is 6.77. The molecule has 0 fully saturated rings. The molecule has 16 heavy (non-hydrogen) atoms. The van der Waals surface area contributed by atoms with E-state index in [0.29, 0.717) is 18.8 Å². The molecule has 0 bridgehead atoms. The van der Waals surface area contributed by atoms with Crippen molar-refractivity contribution >= 4 is 16.8 Å². The molecule has 1 rings (SSSR count). The van der Waals surface area contributed by atoms with E-state index in [4.69, 9.17) is 0 Å². The molecule has 0 aliphatic carbocycles. The van der Waals surface area contributed by atoms with Gasteiger partial charge in [0, 0.05) is 35.9 Å². The molecule has 1 aromatic rings. The van der Waals surface area contributed by atoms with E-state index in [1.165, 1.54) is 0 Å². The molecule has 1 atom stereocenters. The van der Waals surface area contributed by atoms with E-state index in [-0.39, 0.29) is 6.03 Å². The summed E-state index contributed by atoms with van der Waals surface area (Å²) in [5, 5.41) is 5.36. The maximum absolute atomic E-state index is 11.3. The minimum atomic E-state index is -0.864. The summed E-state index contributed by atoms with van der Waals surface area (Å²) in [6.07, 6.45) is 1.61. The molecular weight excluding hydrogens is 224 g/mol. The normalized spacial score (nSPS) is 11.8. The van der Waals surface area contributed by atoms with E-state index in [1.54, 1.807) is 6.26 Å². The first-order valence-electron chi connectivity index (χ1n) is 5.04. The molecule has 0 spiro atoms. The van der Waals surface area contributed by atoms with Crippen LogP contribution in [0.1, 0.15) is 5.56 Å². The van der Waals surface area contributed by atoms with Crippen molar-refractivity contribution in [1.29, 1.82) is 0 Å². The van der Waals surface area contributed by atoms with E-state index in [2.05, 4.69) is 10.6 Å². The average Bonchev–Trinajstić information content (AvgIpc) is 2.27. The van der Waals surface area contributed by atoms with Gasteiger partial charge in [-0.3, -0.25) is 4.21 Å². The van der Waals surface area contributed by atoms with E-state index in [1.807, 2.05) is 30.3 Å². The van der Waals surface area contributed by atoms with Crippen LogP contribution in [-0.4, -0.2) is 28.8 Å². The first-order chi connectivity index (χ1) is 7.68. The molecule has 0 saturated carbocycles. The molecule has 0 aromatic heterocycles. The van der Waals surface area contributed by atoms with Crippen LogP contribution in [0.15, 0.2) is 30.3 Å². The van der Waals surface area contributed by atoms with E-state index >= 15 is 0 Å². The fraction of sp³-hybridized carbons (Fsp3) is 0.364. The van der Waals surface area contributed by atoms with Gasteiger partial charge >= 0.3 is 6.03 Å². The highest BCUT2D eigenvalue weighted by atomic mass is 32.2. The second-order valence-corrected chi connectivity index (χ2v) is 4.93. The number of benzene rings is 1. The number of amides is 2. The van der Waals surface area contributed by atoms with E-state index in [0.717, 1.165) is 5.56 Å². The summed E-state index contributed by atoms with van der Waals surface area (Å²) < 4.78 is 10.7. The van der Waals surface area contributed by atoms with Gasteiger partial charge in [0.2, 0.25) is 0 Å². The Bertz CT molecular complexity index is 354. The van der Waals surface area contributed by atoms with Gasteiger partial charge in [0.1, 0.15) is 0 Å². The number of hydrogen-bond donors (Lipinski definition) is 2. The van der Waals surface area contributed by atoms with Crippen molar-refractivity contribution in [3.63, 3.8) is 0 Å². The monoisotopic (exact) mass is 240 g/mol. The lowest BCUT2D eigenvalue weighted by Crippen LogP contribution is -2.37. The number of rotatable bonds is 5. The van der Waals surface area contributed by atoms with Gasteiger partial charge in [0.15, 0.2) is 0 Å². The van der Waals surface area contributed by atoms with Crippen LogP contribution < -0.4 is 10.6 Å². The lowest BCUT2D eigenvalue weighted by Gasteiger charge is -2.06. The third kappa shape index (κ3) is 5.50. The van der Waals surface area contributed by atoms with Crippen molar-refractivity contribution < 1.29 is 9.00 Å². The lowest BCUT2D eigenvalue weighted by molar-refractivity contribution is 0.241. The van der Waals surface area contributed by atoms with E-state index in [9.17, 15) is 9.00 Å². The van der Waals surface area contributed by atoms with Gasteiger partial charge in [-0.25, -0.2) is 4.79 Å². The van der Waals surface area contributed by atoms with Gasteiger partial charge in [-0.15, -0.1) is 0 Å². The summed E-state index contributed by atoms with van der Waals surface area (Å²) in [7, 11) is -0.864. The average molecular weight is 240 g/mol. The number of urea groups is 1. The summed E-state index contributed by atoms with van der Waals surface area (Å²) in [5.74, 6) is 0.485. The SMILES string of the molecule is CS(=O)CCNC(=O)NCc1ccccc1. The summed E-state index contributed by atoms with van der Waals surface area (Å²) in [6, 6.07) is 9.45. The molecule has 0 aliphatic heterocycles. The predicted octanol–water partition coefficient (Wildman–Crippen LogP) is 0.864. The molecule has 0 heterocycles. The highest BCUT2D eigenvalue weighted by molar-refractivity contribution is 7.84. The van der Waals surface area contributed by atoms with Crippen molar-refractivity contribution in [2.75, 3.05) is 18.6 Å². The zero-order valence-corrected chi connectivity index (χ0v) is 10.0. The minimum absolute atomic E-state index is 0.227. The summed E-state index contributed by atoms with van der Waals surface area (Å²) in [6.45, 7) is 0.936. The number of carbonyl (C=O) groups excluding carboxylic acids is 1. The Morgan fingerprint density at radius 1 is 1.25 bits per heavy atom. The molecular formula is C11H16N2O2S. The number of nitrogens with one attached hydrogen (secondary N) is 2. The highest BCUT2D eigenvalue weighted by Crippen LogP contribution is 1.96. The molecule has 5 heteroatoms. The van der Waals surface area contributed by atoms with Gasteiger partial charge in [-0.1, -0.05) is 30.3 Å². The van der Waals surface area contributed by atoms with Crippen LogP contribution in [0.3, 0.4) is 0 Å². The van der Waals surface area contributed by atoms with Crippen LogP contribution in [0.2, 0.25) is 0 Å². The summed E-state index contributed by atoms with van der Waals surface area (Å²) >= 11 is 0. The first kappa shape index (κ1) is 12.7. The molecule has 0 radical (unpaired) electrons. The van der Waals surface area contributed by atoms with Gasteiger partial charge in [-0.05, 0) is 5.56 Å². The zero-order chi connectivity index (χ0) is 11.8. The third-order valence-electron chi connectivity index (χ3n) is 1.97. The Labute approximate surface area is 97.9 Å². The van der Waals surface area contributed by atoms with E-state index < -0.39 is 10.8 Å². The minimum Gasteiger partial charge on any atom is -0.337 e. The molecule has 0 aliphatic rings. The van der Waals surface area contributed by atoms with Crippen LogP contribution in [0.25, 0.3) is 0 Å². The van der Waals surface area contributed by atoms with Crippen molar-refractivity contribution in [1.82, 2.24) is 10.6 Å². The second-order valence-electron chi connectivity index (χ2n) is 3.37. The highest BCUT2D eigenvalue weighted by Gasteiger charge is 1.99. The summed E-state index contributed by atoms with van der Waals surface area (Å²) in [4.78, 5) is 11.3. The largest absolute Gasteiger partial charge is 0.337 e. The summed E-state index contributed by atoms with van der Waals surface area (Å²) in [5.41, 5.74) is 1.05. The fourth-order valence-corrected chi connectivity index (χ4v) is 1.54. The van der Waals surface area contributed by atoms with Crippen LogP contribution in [0.4, 0.5) is 4.79 Å². The van der Waals surface area contributed by atoms with Gasteiger partial charge < -0.3 is 10.6 Å². The molecule has 2 amide bonds. The molecule has 1 unspecified atom stereocenters. The van der Waals surface area contributed by atoms with Crippen molar-refractivity contribution in [2.45, 2.75) is 6.54 Å². The maximum atomic E-state index is 11.3. The maximum Gasteiger partial charge on any atom is 0.315 e. The fourth-order valence-electron chi connectivity index (χ4n) is 1.15. The van der Waals surface area contributed by atoms with Gasteiger partial charge in [-0.2, -0.15) is 0 Å². The Balaban J connectivity index is 2.18. The van der Waals surface area contributed by atoms with Crippen molar-refractivity contribution in [2.24, 2.45) is 0 Å². The van der Waals surface area contributed by atoms with Crippen LogP contribution in [-0.2, 0) is 17.3 Å². The quantitative estimate of drug-likeness (QED) is 0.802. The number of carbonyl (C=O) groups is 1. The molecule has 0 saturated heterocycles. The van der Waals surface area contributed by atoms with Crippen molar-refractivity contribution in [3.05, 3.63) is 35.9 Å². The number of hydrogen-bond acceptors (Lipinski definition) is 2. The van der Waals surface area contributed by atoms with Crippen LogP contribution in [0, 0.1) is 0 Å². The standard InChI is InChI=1S/C11H16N2O2S/c1-16(15)8-7-12-11(14)13-9-10-5-3-2-4-6-10/h2-6H,7-9H2,1H3,(H2,12,13,14). The molecule has 4 nitrogen and oxygen atoms in total. The topological polar surface area (TPSA) is 58.2 Å². The zero-order valence-electron chi connectivity index (χ0n) is 9.23. The van der Waals surface area contributed by atoms with Gasteiger partial charge in [0.25, 0.3) is 0 Å². The van der Waals surface area contributed by atoms with Crippen LogP contribution >= 0.6 is 0 Å². The van der Waals surface area contributed by atoms with Gasteiger partial charge in [0.05, 0.1) is 0 Å². The molecule has 88 valence electrons. The smallest absolute Gasteiger partial charge is 0.315 e. The Hall–Kier alpha value is -1.36. The molecule has 1 aromatic carbocycles. The molecule has 2 N–H and O–H groups in total. The Kier molecular flexibility index (Phi) is 5.56. The van der Waals surface area contributed by atoms with Crippen molar-refractivity contribution in [3.8, 4) is 0 Å². The second kappa shape index (κ2) is 7.00. The third-order valence-corrected chi connectivity index (χ3v) is 2.75. The Morgan fingerprint density at radius 3 is 2.56 bits per heavy atom. The predicted molar refractivity (Wildman–Crippen MR) is 65.6 cm³/mol.